The Morgan fingerprint density at radius 1 is 1.05 bits per heavy atom. The van der Waals surface area contributed by atoms with E-state index in [1.165, 1.54) is 24.0 Å². The van der Waals surface area contributed by atoms with E-state index in [1.54, 1.807) is 0 Å². The highest BCUT2D eigenvalue weighted by atomic mass is 35.5. The van der Waals surface area contributed by atoms with Gasteiger partial charge in [-0.1, -0.05) is 48.0 Å². The van der Waals surface area contributed by atoms with Crippen molar-refractivity contribution in [3.63, 3.8) is 0 Å². The van der Waals surface area contributed by atoms with Gasteiger partial charge in [0.05, 0.1) is 6.61 Å². The van der Waals surface area contributed by atoms with Crippen molar-refractivity contribution in [2.45, 2.75) is 38.0 Å². The second-order valence-electron chi connectivity index (χ2n) is 5.78. The standard InChI is InChI=1S/C18H20ClNO/c19-17-6-4-15(5-7-17)16-9-18(10-16)20-11-13-2-1-3-14(8-13)12-21/h1-8,16,18,20-21H,9-12H2. The van der Waals surface area contributed by atoms with Crippen molar-refractivity contribution < 1.29 is 5.11 Å². The van der Waals surface area contributed by atoms with Crippen molar-refractivity contribution in [2.75, 3.05) is 0 Å². The molecule has 1 fully saturated rings. The zero-order valence-electron chi connectivity index (χ0n) is 11.9. The van der Waals surface area contributed by atoms with Crippen molar-refractivity contribution >= 4 is 11.6 Å². The molecule has 3 rings (SSSR count). The average Bonchev–Trinajstić information content (AvgIpc) is 2.47. The van der Waals surface area contributed by atoms with Crippen LogP contribution in [0.4, 0.5) is 0 Å². The van der Waals surface area contributed by atoms with Gasteiger partial charge in [0.25, 0.3) is 0 Å². The Labute approximate surface area is 130 Å². The van der Waals surface area contributed by atoms with Gasteiger partial charge < -0.3 is 10.4 Å². The molecule has 0 aromatic heterocycles. The van der Waals surface area contributed by atoms with Crippen LogP contribution in [0.2, 0.25) is 5.02 Å². The Morgan fingerprint density at radius 3 is 2.48 bits per heavy atom. The van der Waals surface area contributed by atoms with Gasteiger partial charge >= 0.3 is 0 Å². The number of hydrogen-bond donors (Lipinski definition) is 2. The first-order chi connectivity index (χ1) is 10.2. The Hall–Kier alpha value is -1.35. The summed E-state index contributed by atoms with van der Waals surface area (Å²) in [6.07, 6.45) is 2.36. The largest absolute Gasteiger partial charge is 0.392 e. The van der Waals surface area contributed by atoms with Crippen molar-refractivity contribution in [3.8, 4) is 0 Å². The van der Waals surface area contributed by atoms with Crippen LogP contribution in [0.5, 0.6) is 0 Å². The van der Waals surface area contributed by atoms with Gasteiger partial charge in [-0.3, -0.25) is 0 Å². The lowest BCUT2D eigenvalue weighted by Gasteiger charge is -2.36. The van der Waals surface area contributed by atoms with E-state index >= 15 is 0 Å². The van der Waals surface area contributed by atoms with Gasteiger partial charge in [-0.25, -0.2) is 0 Å². The highest BCUT2D eigenvalue weighted by Crippen LogP contribution is 2.37. The lowest BCUT2D eigenvalue weighted by atomic mass is 9.76. The number of rotatable bonds is 5. The molecule has 0 radical (unpaired) electrons. The molecular formula is C18H20ClNO. The second kappa shape index (κ2) is 6.61. The topological polar surface area (TPSA) is 32.3 Å². The molecular weight excluding hydrogens is 282 g/mol. The Balaban J connectivity index is 1.47. The smallest absolute Gasteiger partial charge is 0.0681 e. The molecule has 3 heteroatoms. The zero-order valence-corrected chi connectivity index (χ0v) is 12.7. The first kappa shape index (κ1) is 14.6. The summed E-state index contributed by atoms with van der Waals surface area (Å²) < 4.78 is 0. The van der Waals surface area contributed by atoms with E-state index in [0.29, 0.717) is 12.0 Å². The van der Waals surface area contributed by atoms with E-state index in [1.807, 2.05) is 24.3 Å². The quantitative estimate of drug-likeness (QED) is 0.879. The maximum Gasteiger partial charge on any atom is 0.0681 e. The van der Waals surface area contributed by atoms with E-state index in [2.05, 4.69) is 29.6 Å². The fourth-order valence-corrected chi connectivity index (χ4v) is 3.02. The van der Waals surface area contributed by atoms with E-state index in [4.69, 9.17) is 16.7 Å². The van der Waals surface area contributed by atoms with E-state index in [9.17, 15) is 0 Å². The van der Waals surface area contributed by atoms with Crippen molar-refractivity contribution in [1.29, 1.82) is 0 Å². The van der Waals surface area contributed by atoms with Crippen LogP contribution in [0.3, 0.4) is 0 Å². The van der Waals surface area contributed by atoms with Gasteiger partial charge in [-0.05, 0) is 47.6 Å². The number of hydrogen-bond acceptors (Lipinski definition) is 2. The first-order valence-corrected chi connectivity index (χ1v) is 7.80. The number of nitrogens with one attached hydrogen (secondary N) is 1. The minimum Gasteiger partial charge on any atom is -0.392 e. The fraction of sp³-hybridized carbons (Fsp3) is 0.333. The van der Waals surface area contributed by atoms with Crippen LogP contribution in [0, 0.1) is 0 Å². The van der Waals surface area contributed by atoms with Crippen molar-refractivity contribution in [2.24, 2.45) is 0 Å². The maximum atomic E-state index is 9.15. The molecule has 2 aromatic carbocycles. The Bertz CT molecular complexity index is 590. The molecule has 0 bridgehead atoms. The molecule has 1 aliphatic rings. The molecule has 0 unspecified atom stereocenters. The van der Waals surface area contributed by atoms with Crippen LogP contribution in [-0.4, -0.2) is 11.1 Å². The third-order valence-corrected chi connectivity index (χ3v) is 4.50. The van der Waals surface area contributed by atoms with Gasteiger partial charge in [0.1, 0.15) is 0 Å². The number of halogens is 1. The molecule has 21 heavy (non-hydrogen) atoms. The Morgan fingerprint density at radius 2 is 1.76 bits per heavy atom. The highest BCUT2D eigenvalue weighted by molar-refractivity contribution is 6.30. The molecule has 2 N–H and O–H groups in total. The van der Waals surface area contributed by atoms with Crippen LogP contribution < -0.4 is 5.32 Å². The number of aliphatic hydroxyl groups is 1. The van der Waals surface area contributed by atoms with Crippen LogP contribution in [0.25, 0.3) is 0 Å². The third kappa shape index (κ3) is 3.65. The molecule has 0 atom stereocenters. The van der Waals surface area contributed by atoms with E-state index < -0.39 is 0 Å². The first-order valence-electron chi connectivity index (χ1n) is 7.42. The molecule has 0 amide bonds. The normalized spacial score (nSPS) is 21.0. The monoisotopic (exact) mass is 301 g/mol. The van der Waals surface area contributed by atoms with Crippen molar-refractivity contribution in [3.05, 3.63) is 70.2 Å². The molecule has 0 heterocycles. The lowest BCUT2D eigenvalue weighted by molar-refractivity contribution is 0.281. The SMILES string of the molecule is OCc1cccc(CNC2CC(c3ccc(Cl)cc3)C2)c1. The minimum atomic E-state index is 0.107. The fourth-order valence-electron chi connectivity index (χ4n) is 2.89. The van der Waals surface area contributed by atoms with Gasteiger partial charge in [0, 0.05) is 17.6 Å². The molecule has 0 aliphatic heterocycles. The molecule has 0 saturated heterocycles. The number of aliphatic hydroxyl groups excluding tert-OH is 1. The summed E-state index contributed by atoms with van der Waals surface area (Å²) in [6, 6.07) is 16.9. The van der Waals surface area contributed by atoms with E-state index in [0.717, 1.165) is 17.1 Å². The predicted molar refractivity (Wildman–Crippen MR) is 86.4 cm³/mol. The summed E-state index contributed by atoms with van der Waals surface area (Å²) in [6.45, 7) is 0.974. The van der Waals surface area contributed by atoms with Gasteiger partial charge in [0.15, 0.2) is 0 Å². The second-order valence-corrected chi connectivity index (χ2v) is 6.21. The van der Waals surface area contributed by atoms with Crippen LogP contribution in [0.15, 0.2) is 48.5 Å². The summed E-state index contributed by atoms with van der Waals surface area (Å²) in [7, 11) is 0. The lowest BCUT2D eigenvalue weighted by Crippen LogP contribution is -2.39. The summed E-state index contributed by atoms with van der Waals surface area (Å²) in [4.78, 5) is 0. The summed E-state index contributed by atoms with van der Waals surface area (Å²) in [5.74, 6) is 0.656. The highest BCUT2D eigenvalue weighted by Gasteiger charge is 2.29. The summed E-state index contributed by atoms with van der Waals surface area (Å²) in [5.41, 5.74) is 3.60. The van der Waals surface area contributed by atoms with Crippen LogP contribution >= 0.6 is 11.6 Å². The zero-order chi connectivity index (χ0) is 14.7. The maximum absolute atomic E-state index is 9.15. The summed E-state index contributed by atoms with van der Waals surface area (Å²) >= 11 is 5.92. The molecule has 2 nitrogen and oxygen atoms in total. The average molecular weight is 302 g/mol. The molecule has 1 saturated carbocycles. The molecule has 0 spiro atoms. The third-order valence-electron chi connectivity index (χ3n) is 4.25. The van der Waals surface area contributed by atoms with Crippen LogP contribution in [-0.2, 0) is 13.2 Å². The predicted octanol–water partition coefficient (Wildman–Crippen LogP) is 3.87. The van der Waals surface area contributed by atoms with E-state index in [-0.39, 0.29) is 6.61 Å². The molecule has 1 aliphatic carbocycles. The van der Waals surface area contributed by atoms with Crippen LogP contribution in [0.1, 0.15) is 35.4 Å². The Kier molecular flexibility index (Phi) is 4.59. The molecule has 110 valence electrons. The minimum absolute atomic E-state index is 0.107. The van der Waals surface area contributed by atoms with Gasteiger partial charge in [0.2, 0.25) is 0 Å². The van der Waals surface area contributed by atoms with Gasteiger partial charge in [-0.15, -0.1) is 0 Å². The van der Waals surface area contributed by atoms with Crippen molar-refractivity contribution in [1.82, 2.24) is 5.32 Å². The van der Waals surface area contributed by atoms with Gasteiger partial charge in [-0.2, -0.15) is 0 Å². The molecule has 2 aromatic rings. The number of benzene rings is 2. The summed E-state index contributed by atoms with van der Waals surface area (Å²) in [5, 5.41) is 13.5.